The van der Waals surface area contributed by atoms with E-state index in [9.17, 15) is 4.79 Å². The zero-order valence-corrected chi connectivity index (χ0v) is 13.1. The van der Waals surface area contributed by atoms with Crippen LogP contribution in [0.3, 0.4) is 0 Å². The zero-order valence-electron chi connectivity index (χ0n) is 11.5. The van der Waals surface area contributed by atoms with E-state index in [0.29, 0.717) is 0 Å². The number of Topliss-reactive ketones (excluding diaryl/α,β-unsaturated/α-hetero) is 1. The Hall–Kier alpha value is -0.970. The summed E-state index contributed by atoms with van der Waals surface area (Å²) in [6.07, 6.45) is 4.41. The van der Waals surface area contributed by atoms with Gasteiger partial charge in [-0.2, -0.15) is 0 Å². The second-order valence-corrected chi connectivity index (χ2v) is 6.59. The number of rotatable bonds is 9. The first kappa shape index (κ1) is 15.4. The predicted octanol–water partition coefficient (Wildman–Crippen LogP) is 4.72. The Morgan fingerprint density at radius 1 is 1.15 bits per heavy atom. The lowest BCUT2D eigenvalue weighted by atomic mass is 10.1. The van der Waals surface area contributed by atoms with E-state index in [1.54, 1.807) is 11.3 Å². The van der Waals surface area contributed by atoms with Gasteiger partial charge in [-0.3, -0.25) is 4.79 Å². The van der Waals surface area contributed by atoms with Crippen molar-refractivity contribution in [3.8, 4) is 0 Å². The van der Waals surface area contributed by atoms with Crippen LogP contribution in [0.15, 0.2) is 35.0 Å². The van der Waals surface area contributed by atoms with Crippen molar-refractivity contribution in [1.29, 1.82) is 0 Å². The Morgan fingerprint density at radius 3 is 2.60 bits per heavy atom. The highest BCUT2D eigenvalue weighted by Gasteiger charge is 2.22. The van der Waals surface area contributed by atoms with Crippen molar-refractivity contribution in [3.63, 3.8) is 0 Å². The molecule has 0 saturated carbocycles. The molecule has 0 aromatic carbocycles. The van der Waals surface area contributed by atoms with Crippen LogP contribution in [-0.4, -0.2) is 12.3 Å². The van der Waals surface area contributed by atoms with Gasteiger partial charge in [0.1, 0.15) is 6.04 Å². The maximum absolute atomic E-state index is 12.6. The van der Waals surface area contributed by atoms with Crippen molar-refractivity contribution in [2.75, 3.05) is 6.54 Å². The van der Waals surface area contributed by atoms with Gasteiger partial charge in [-0.05, 0) is 35.9 Å². The molecule has 0 aliphatic heterocycles. The Morgan fingerprint density at radius 2 is 1.95 bits per heavy atom. The van der Waals surface area contributed by atoms with Crippen molar-refractivity contribution >= 4 is 28.5 Å². The van der Waals surface area contributed by atoms with Crippen LogP contribution in [0, 0.1) is 6.92 Å². The van der Waals surface area contributed by atoms with Crippen molar-refractivity contribution < 1.29 is 4.79 Å². The van der Waals surface area contributed by atoms with E-state index in [4.69, 9.17) is 0 Å². The quantitative estimate of drug-likeness (QED) is 0.536. The molecule has 1 atom stereocenters. The Kier molecular flexibility index (Phi) is 6.43. The van der Waals surface area contributed by atoms with Crippen LogP contribution in [0.25, 0.3) is 0 Å². The average molecular weight is 306 g/mol. The van der Waals surface area contributed by atoms with E-state index in [1.807, 2.05) is 35.0 Å². The van der Waals surface area contributed by atoms with E-state index in [-0.39, 0.29) is 11.8 Å². The summed E-state index contributed by atoms with van der Waals surface area (Å²) in [7, 11) is 0. The van der Waals surface area contributed by atoms with Crippen LogP contribution in [-0.2, 0) is 0 Å². The van der Waals surface area contributed by atoms with E-state index < -0.39 is 0 Å². The number of unbranched alkanes of at least 4 members (excludes halogenated alkanes) is 3. The van der Waals surface area contributed by atoms with Gasteiger partial charge in [-0.15, -0.1) is 22.7 Å². The van der Waals surface area contributed by atoms with Crippen LogP contribution in [0.1, 0.15) is 46.3 Å². The molecule has 20 heavy (non-hydrogen) atoms. The standard InChI is InChI=1S/C16H20NOS2/c1-2-3-4-5-10-17-15(13-8-6-11-19-13)16(18)14-9-7-12-20-14/h6-9,11-12,15,17H,1-5,10H2. The van der Waals surface area contributed by atoms with E-state index >= 15 is 0 Å². The van der Waals surface area contributed by atoms with Gasteiger partial charge in [0.2, 0.25) is 0 Å². The molecule has 0 spiro atoms. The van der Waals surface area contributed by atoms with E-state index in [2.05, 4.69) is 12.2 Å². The number of carbonyl (C=O) groups excluding carboxylic acids is 1. The Balaban J connectivity index is 1.97. The molecule has 2 rings (SSSR count). The summed E-state index contributed by atoms with van der Waals surface area (Å²) in [5.74, 6) is 0.180. The molecular formula is C16H20NOS2. The third-order valence-electron chi connectivity index (χ3n) is 3.13. The number of thiophene rings is 2. The fourth-order valence-electron chi connectivity index (χ4n) is 2.06. The topological polar surface area (TPSA) is 29.1 Å². The fraction of sp³-hybridized carbons (Fsp3) is 0.375. The number of hydrogen-bond acceptors (Lipinski definition) is 4. The first-order chi connectivity index (χ1) is 9.83. The highest BCUT2D eigenvalue weighted by molar-refractivity contribution is 7.12. The molecule has 1 radical (unpaired) electrons. The minimum atomic E-state index is -0.201. The van der Waals surface area contributed by atoms with Gasteiger partial charge in [-0.1, -0.05) is 38.3 Å². The molecule has 2 heterocycles. The van der Waals surface area contributed by atoms with Crippen LogP contribution in [0.4, 0.5) is 0 Å². The lowest BCUT2D eigenvalue weighted by molar-refractivity contribution is 0.0948. The molecule has 0 bridgehead atoms. The lowest BCUT2D eigenvalue weighted by Gasteiger charge is -2.15. The molecule has 0 fully saturated rings. The predicted molar refractivity (Wildman–Crippen MR) is 87.5 cm³/mol. The smallest absolute Gasteiger partial charge is 0.194 e. The van der Waals surface area contributed by atoms with Gasteiger partial charge in [0.05, 0.1) is 4.88 Å². The highest BCUT2D eigenvalue weighted by Crippen LogP contribution is 2.25. The summed E-state index contributed by atoms with van der Waals surface area (Å²) < 4.78 is 0. The molecule has 4 heteroatoms. The van der Waals surface area contributed by atoms with Gasteiger partial charge in [0.25, 0.3) is 0 Å². The van der Waals surface area contributed by atoms with E-state index in [0.717, 1.165) is 35.6 Å². The monoisotopic (exact) mass is 306 g/mol. The molecule has 0 amide bonds. The molecule has 0 aliphatic rings. The highest BCUT2D eigenvalue weighted by atomic mass is 32.1. The van der Waals surface area contributed by atoms with Gasteiger partial charge in [0.15, 0.2) is 5.78 Å². The molecule has 1 N–H and O–H groups in total. The minimum Gasteiger partial charge on any atom is -0.303 e. The molecule has 0 aliphatic carbocycles. The van der Waals surface area contributed by atoms with Gasteiger partial charge in [0, 0.05) is 4.88 Å². The molecular weight excluding hydrogens is 286 g/mol. The van der Waals surface area contributed by atoms with Crippen molar-refractivity contribution in [2.24, 2.45) is 0 Å². The van der Waals surface area contributed by atoms with Crippen LogP contribution < -0.4 is 5.32 Å². The van der Waals surface area contributed by atoms with Crippen LogP contribution >= 0.6 is 22.7 Å². The average Bonchev–Trinajstić information content (AvgIpc) is 3.14. The summed E-state index contributed by atoms with van der Waals surface area (Å²) in [6, 6.07) is 7.66. The summed E-state index contributed by atoms with van der Waals surface area (Å²) in [6.45, 7) is 4.72. The molecule has 2 aromatic rings. The SMILES string of the molecule is [CH2]CCCCCNC(C(=O)c1cccs1)c1cccs1. The molecule has 0 saturated heterocycles. The maximum atomic E-state index is 12.6. The van der Waals surface area contributed by atoms with Crippen molar-refractivity contribution in [1.82, 2.24) is 5.32 Å². The molecule has 2 aromatic heterocycles. The largest absolute Gasteiger partial charge is 0.303 e. The molecule has 2 nitrogen and oxygen atoms in total. The van der Waals surface area contributed by atoms with Gasteiger partial charge >= 0.3 is 0 Å². The summed E-state index contributed by atoms with van der Waals surface area (Å²) in [4.78, 5) is 14.5. The number of ketones is 1. The van der Waals surface area contributed by atoms with Crippen molar-refractivity contribution in [3.05, 3.63) is 51.7 Å². The first-order valence-corrected chi connectivity index (χ1v) is 8.72. The van der Waals surface area contributed by atoms with Crippen LogP contribution in [0.2, 0.25) is 0 Å². The molecule has 107 valence electrons. The van der Waals surface area contributed by atoms with Gasteiger partial charge < -0.3 is 5.32 Å². The third kappa shape index (κ3) is 4.27. The lowest BCUT2D eigenvalue weighted by Crippen LogP contribution is -2.28. The van der Waals surface area contributed by atoms with E-state index in [1.165, 1.54) is 17.8 Å². The minimum absolute atomic E-state index is 0.180. The Labute approximate surface area is 128 Å². The summed E-state index contributed by atoms with van der Waals surface area (Å²) in [5.41, 5.74) is 0. The zero-order chi connectivity index (χ0) is 14.2. The summed E-state index contributed by atoms with van der Waals surface area (Å²) >= 11 is 3.15. The van der Waals surface area contributed by atoms with Crippen molar-refractivity contribution in [2.45, 2.75) is 31.7 Å². The fourth-order valence-corrected chi connectivity index (χ4v) is 3.56. The number of carbonyl (C=O) groups is 1. The second-order valence-electron chi connectivity index (χ2n) is 4.66. The maximum Gasteiger partial charge on any atom is 0.194 e. The number of nitrogens with one attached hydrogen (secondary N) is 1. The second kappa shape index (κ2) is 8.35. The number of hydrogen-bond donors (Lipinski definition) is 1. The van der Waals surface area contributed by atoms with Crippen LogP contribution in [0.5, 0.6) is 0 Å². The third-order valence-corrected chi connectivity index (χ3v) is 4.95. The first-order valence-electron chi connectivity index (χ1n) is 6.96. The summed E-state index contributed by atoms with van der Waals surface area (Å²) in [5, 5.41) is 7.39. The van der Waals surface area contributed by atoms with Gasteiger partial charge in [-0.25, -0.2) is 0 Å². The molecule has 1 unspecified atom stereocenters. The Bertz CT molecular complexity index is 491. The normalized spacial score (nSPS) is 12.4.